The molecule has 18 heavy (non-hydrogen) atoms. The molecule has 1 aromatic carbocycles. The van der Waals surface area contributed by atoms with Crippen LogP contribution < -0.4 is 10.7 Å². The number of benzene rings is 1. The van der Waals surface area contributed by atoms with Crippen molar-refractivity contribution in [3.63, 3.8) is 0 Å². The van der Waals surface area contributed by atoms with Gasteiger partial charge in [-0.15, -0.1) is 12.3 Å². The summed E-state index contributed by atoms with van der Waals surface area (Å²) in [4.78, 5) is 27.0. The average Bonchev–Trinajstić information content (AvgIpc) is 2.89. The van der Waals surface area contributed by atoms with Gasteiger partial charge in [0.2, 0.25) is 5.91 Å². The highest BCUT2D eigenvalue weighted by Gasteiger charge is 2.29. The molecule has 1 aliphatic rings. The predicted octanol–water partition coefficient (Wildman–Crippen LogP) is 1.11. The average molecular weight is 242 g/mol. The van der Waals surface area contributed by atoms with E-state index in [1.165, 1.54) is 0 Å². The summed E-state index contributed by atoms with van der Waals surface area (Å²) in [5.41, 5.74) is 1.76. The second kappa shape index (κ2) is 3.77. The Kier molecular flexibility index (Phi) is 2.23. The Bertz CT molecular complexity index is 720. The van der Waals surface area contributed by atoms with Crippen molar-refractivity contribution in [1.82, 2.24) is 4.98 Å². The van der Waals surface area contributed by atoms with Crippen molar-refractivity contribution in [1.29, 1.82) is 0 Å². The van der Waals surface area contributed by atoms with Gasteiger partial charge in [0, 0.05) is 30.6 Å². The van der Waals surface area contributed by atoms with E-state index in [1.807, 2.05) is 0 Å². The molecule has 1 fully saturated rings. The third-order valence-corrected chi connectivity index (χ3v) is 3.08. The number of carbonyl (C=O) groups excluding carboxylic acids is 1. The smallest absolute Gasteiger partial charge is 0.408 e. The molecule has 2 aromatic rings. The minimum Gasteiger partial charge on any atom is -0.408 e. The fourth-order valence-electron chi connectivity index (χ4n) is 2.17. The molecular formula is C13H10N2O3. The highest BCUT2D eigenvalue weighted by Crippen LogP contribution is 2.26. The van der Waals surface area contributed by atoms with Gasteiger partial charge in [-0.2, -0.15) is 0 Å². The van der Waals surface area contributed by atoms with Crippen molar-refractivity contribution >= 4 is 22.7 Å². The number of aromatic nitrogens is 1. The number of anilines is 1. The molecule has 1 aromatic heterocycles. The van der Waals surface area contributed by atoms with Crippen LogP contribution in [0.2, 0.25) is 0 Å². The highest BCUT2D eigenvalue weighted by atomic mass is 16.4. The Morgan fingerprint density at radius 3 is 3.00 bits per heavy atom. The summed E-state index contributed by atoms with van der Waals surface area (Å²) in [7, 11) is 0. The fraction of sp³-hybridized carbons (Fsp3) is 0.231. The van der Waals surface area contributed by atoms with Gasteiger partial charge in [0.05, 0.1) is 5.52 Å². The van der Waals surface area contributed by atoms with E-state index in [0.717, 1.165) is 0 Å². The Morgan fingerprint density at radius 2 is 2.28 bits per heavy atom. The number of rotatable bonds is 1. The number of carbonyl (C=O) groups is 1. The van der Waals surface area contributed by atoms with Gasteiger partial charge in [0.25, 0.3) is 0 Å². The monoisotopic (exact) mass is 242 g/mol. The number of fused-ring (bicyclic) bond motifs is 1. The molecule has 0 aliphatic carbocycles. The summed E-state index contributed by atoms with van der Waals surface area (Å²) in [5, 5.41) is 0. The third kappa shape index (κ3) is 1.59. The second-order valence-corrected chi connectivity index (χ2v) is 4.27. The molecule has 5 heteroatoms. The number of terminal acetylenes is 1. The Labute approximate surface area is 102 Å². The van der Waals surface area contributed by atoms with Crippen molar-refractivity contribution in [3.05, 3.63) is 28.7 Å². The van der Waals surface area contributed by atoms with Crippen LogP contribution in [-0.2, 0) is 4.79 Å². The number of oxazole rings is 1. The molecule has 1 unspecified atom stereocenters. The van der Waals surface area contributed by atoms with Crippen molar-refractivity contribution in [3.8, 4) is 12.3 Å². The van der Waals surface area contributed by atoms with Crippen molar-refractivity contribution < 1.29 is 9.21 Å². The van der Waals surface area contributed by atoms with E-state index in [9.17, 15) is 9.59 Å². The van der Waals surface area contributed by atoms with Gasteiger partial charge in [-0.3, -0.25) is 9.78 Å². The Balaban J connectivity index is 2.02. The van der Waals surface area contributed by atoms with Crippen LogP contribution in [-0.4, -0.2) is 17.4 Å². The zero-order valence-electron chi connectivity index (χ0n) is 9.47. The topological polar surface area (TPSA) is 66.3 Å². The zero-order valence-corrected chi connectivity index (χ0v) is 9.47. The standard InChI is InChI=1S/C13H10N2O3/c1-2-8-5-12(16)15(7-8)9-3-4-10-11(6-9)18-13(17)14-10/h1,3-4,6,8H,5,7H2,(H,14,17). The lowest BCUT2D eigenvalue weighted by atomic mass is 10.1. The van der Waals surface area contributed by atoms with Crippen LogP contribution in [0.4, 0.5) is 5.69 Å². The molecule has 0 bridgehead atoms. The van der Waals surface area contributed by atoms with Crippen molar-refractivity contribution in [2.24, 2.45) is 5.92 Å². The number of amides is 1. The summed E-state index contributed by atoms with van der Waals surface area (Å²) < 4.78 is 4.97. The molecule has 0 spiro atoms. The highest BCUT2D eigenvalue weighted by molar-refractivity contribution is 5.97. The molecule has 1 atom stereocenters. The first kappa shape index (κ1) is 10.7. The van der Waals surface area contributed by atoms with Gasteiger partial charge >= 0.3 is 5.76 Å². The lowest BCUT2D eigenvalue weighted by Gasteiger charge is -2.15. The zero-order chi connectivity index (χ0) is 12.7. The van der Waals surface area contributed by atoms with Gasteiger partial charge in [-0.1, -0.05) is 0 Å². The molecule has 1 amide bonds. The van der Waals surface area contributed by atoms with Crippen LogP contribution in [0.3, 0.4) is 0 Å². The van der Waals surface area contributed by atoms with Gasteiger partial charge < -0.3 is 9.32 Å². The largest absolute Gasteiger partial charge is 0.417 e. The molecular weight excluding hydrogens is 232 g/mol. The van der Waals surface area contributed by atoms with Crippen LogP contribution in [0.1, 0.15) is 6.42 Å². The van der Waals surface area contributed by atoms with Crippen molar-refractivity contribution in [2.45, 2.75) is 6.42 Å². The van der Waals surface area contributed by atoms with Gasteiger partial charge in [0.1, 0.15) is 0 Å². The number of hydrogen-bond acceptors (Lipinski definition) is 3. The summed E-state index contributed by atoms with van der Waals surface area (Å²) in [6, 6.07) is 5.15. The lowest BCUT2D eigenvalue weighted by Crippen LogP contribution is -2.24. The maximum absolute atomic E-state index is 11.8. The van der Waals surface area contributed by atoms with E-state index in [2.05, 4.69) is 10.9 Å². The second-order valence-electron chi connectivity index (χ2n) is 4.27. The van der Waals surface area contributed by atoms with Crippen LogP contribution in [0.5, 0.6) is 0 Å². The molecule has 90 valence electrons. The SMILES string of the molecule is C#CC1CC(=O)N(c2ccc3[nH]c(=O)oc3c2)C1. The summed E-state index contributed by atoms with van der Waals surface area (Å²) in [6.45, 7) is 0.509. The molecule has 3 rings (SSSR count). The normalized spacial score (nSPS) is 19.4. The van der Waals surface area contributed by atoms with E-state index in [1.54, 1.807) is 23.1 Å². The van der Waals surface area contributed by atoms with E-state index in [0.29, 0.717) is 29.8 Å². The predicted molar refractivity (Wildman–Crippen MR) is 66.1 cm³/mol. The van der Waals surface area contributed by atoms with E-state index in [-0.39, 0.29) is 11.8 Å². The van der Waals surface area contributed by atoms with E-state index in [4.69, 9.17) is 10.8 Å². The minimum absolute atomic E-state index is 0.00446. The first-order valence-electron chi connectivity index (χ1n) is 5.57. The molecule has 5 nitrogen and oxygen atoms in total. The molecule has 1 saturated heterocycles. The number of H-pyrrole nitrogens is 1. The summed E-state index contributed by atoms with van der Waals surface area (Å²) in [6.07, 6.45) is 5.70. The van der Waals surface area contributed by atoms with Crippen LogP contribution >= 0.6 is 0 Å². The first-order chi connectivity index (χ1) is 8.67. The first-order valence-corrected chi connectivity index (χ1v) is 5.57. The van der Waals surface area contributed by atoms with E-state index < -0.39 is 5.76 Å². The van der Waals surface area contributed by atoms with Gasteiger partial charge in [-0.05, 0) is 12.1 Å². The van der Waals surface area contributed by atoms with Gasteiger partial charge in [0.15, 0.2) is 5.58 Å². The van der Waals surface area contributed by atoms with Gasteiger partial charge in [-0.25, -0.2) is 4.79 Å². The summed E-state index contributed by atoms with van der Waals surface area (Å²) in [5.74, 6) is 2.04. The van der Waals surface area contributed by atoms with Crippen LogP contribution in [0, 0.1) is 18.3 Å². The molecule has 2 heterocycles. The fourth-order valence-corrected chi connectivity index (χ4v) is 2.17. The third-order valence-electron chi connectivity index (χ3n) is 3.08. The van der Waals surface area contributed by atoms with Crippen LogP contribution in [0.15, 0.2) is 27.4 Å². The quantitative estimate of drug-likeness (QED) is 0.762. The molecule has 1 N–H and O–H groups in total. The Hall–Kier alpha value is -2.48. The molecule has 0 saturated carbocycles. The maximum Gasteiger partial charge on any atom is 0.417 e. The molecule has 1 aliphatic heterocycles. The number of nitrogens with zero attached hydrogens (tertiary/aromatic N) is 1. The molecule has 0 radical (unpaired) electrons. The number of hydrogen-bond donors (Lipinski definition) is 1. The lowest BCUT2D eigenvalue weighted by molar-refractivity contribution is -0.117. The Morgan fingerprint density at radius 1 is 1.44 bits per heavy atom. The van der Waals surface area contributed by atoms with Crippen LogP contribution in [0.25, 0.3) is 11.1 Å². The van der Waals surface area contributed by atoms with Crippen molar-refractivity contribution in [2.75, 3.05) is 11.4 Å². The maximum atomic E-state index is 11.8. The summed E-state index contributed by atoms with van der Waals surface area (Å²) >= 11 is 0. The number of aromatic amines is 1. The van der Waals surface area contributed by atoms with E-state index >= 15 is 0 Å². The number of nitrogens with one attached hydrogen (secondary N) is 1. The minimum atomic E-state index is -0.503.